The fourth-order valence-corrected chi connectivity index (χ4v) is 9.86. The van der Waals surface area contributed by atoms with Crippen molar-refractivity contribution in [3.63, 3.8) is 0 Å². The molecule has 0 unspecified atom stereocenters. The van der Waals surface area contributed by atoms with Crippen LogP contribution in [0.5, 0.6) is 5.75 Å². The third-order valence-corrected chi connectivity index (χ3v) is 12.0. The Bertz CT molecular complexity index is 1480. The monoisotopic (exact) mass is 784 g/mol. The first-order valence-electron chi connectivity index (χ1n) is 15.4. The summed E-state index contributed by atoms with van der Waals surface area (Å²) in [6.45, 7) is 28.5. The van der Waals surface area contributed by atoms with Gasteiger partial charge in [0.1, 0.15) is 5.75 Å². The SMILES string of the molecule is COc1c(C(C)(C)C)cc(C)cc1[Si](C)(C)[c-]1c(C)cc(C)c1C.[CH2-]c1ccccc1N(C)C.[CH2-]c1ccccc1N(C)C.[Lu+3]. The number of para-hydroxylation sites is 2. The number of rotatable bonds is 5. The van der Waals surface area contributed by atoms with Crippen molar-refractivity contribution < 1.29 is 41.6 Å². The second kappa shape index (κ2) is 17.0. The Morgan fingerprint density at radius 3 is 1.49 bits per heavy atom. The Labute approximate surface area is 306 Å². The minimum atomic E-state index is -1.86. The van der Waals surface area contributed by atoms with Crippen LogP contribution in [0, 0.1) is 78.4 Å². The Hall–Kier alpha value is -2.40. The maximum absolute atomic E-state index is 5.99. The number of anilines is 2. The molecule has 5 heteroatoms. The van der Waals surface area contributed by atoms with E-state index in [0.717, 1.165) is 16.9 Å². The molecule has 0 amide bonds. The minimum absolute atomic E-state index is 0. The first-order valence-corrected chi connectivity index (χ1v) is 18.4. The van der Waals surface area contributed by atoms with Gasteiger partial charge in [-0.1, -0.05) is 108 Å². The number of benzene rings is 3. The van der Waals surface area contributed by atoms with Gasteiger partial charge in [-0.05, 0) is 51.3 Å². The van der Waals surface area contributed by atoms with Crippen molar-refractivity contribution in [3.8, 4) is 5.75 Å². The summed E-state index contributed by atoms with van der Waals surface area (Å²) in [6.07, 6.45) is 0. The molecule has 0 aromatic heterocycles. The summed E-state index contributed by atoms with van der Waals surface area (Å²) in [6, 6.07) is 23.2. The van der Waals surface area contributed by atoms with Crippen LogP contribution in [-0.2, 0) is 5.41 Å². The molecule has 0 saturated carbocycles. The fraction of sp³-hybridized carbons (Fsp3) is 0.375. The Balaban J connectivity index is 0.000000396. The van der Waals surface area contributed by atoms with Gasteiger partial charge < -0.3 is 14.5 Å². The molecule has 0 fully saturated rings. The number of methoxy groups -OCH3 is 1. The molecule has 0 aliphatic heterocycles. The van der Waals surface area contributed by atoms with Crippen LogP contribution in [0.1, 0.15) is 59.7 Å². The molecule has 45 heavy (non-hydrogen) atoms. The van der Waals surface area contributed by atoms with Gasteiger partial charge in [0.15, 0.2) is 0 Å². The van der Waals surface area contributed by atoms with Crippen molar-refractivity contribution in [2.45, 2.75) is 67.0 Å². The van der Waals surface area contributed by atoms with Gasteiger partial charge in [-0.3, -0.25) is 0 Å². The molecule has 0 saturated heterocycles. The molecule has 3 nitrogen and oxygen atoms in total. The van der Waals surface area contributed by atoms with E-state index in [1.807, 2.05) is 71.7 Å². The average Bonchev–Trinajstić information content (AvgIpc) is 3.19. The smallest absolute Gasteiger partial charge is 0.497 e. The molecular formula is C40H57LuN2OSi. The first kappa shape index (κ1) is 40.6. The van der Waals surface area contributed by atoms with E-state index in [9.17, 15) is 0 Å². The predicted octanol–water partition coefficient (Wildman–Crippen LogP) is 8.64. The second-order valence-corrected chi connectivity index (χ2v) is 18.1. The van der Waals surface area contributed by atoms with Crippen LogP contribution >= 0.6 is 0 Å². The van der Waals surface area contributed by atoms with E-state index in [4.69, 9.17) is 4.74 Å². The van der Waals surface area contributed by atoms with Gasteiger partial charge in [-0.15, -0.1) is 12.1 Å². The molecule has 4 rings (SSSR count). The fourth-order valence-electron chi connectivity index (χ4n) is 6.00. The van der Waals surface area contributed by atoms with Gasteiger partial charge in [0.25, 0.3) is 0 Å². The first-order chi connectivity index (χ1) is 20.3. The molecule has 0 atom stereocenters. The van der Waals surface area contributed by atoms with E-state index in [2.05, 4.69) is 116 Å². The standard InChI is InChI=1S/C22H33OSi.2C9H12N.Lu/c1-14-11-18(22(5,6)7)20(23-8)19(12-14)24(9,10)21-16(3)13-15(2)17(21)4;2*1-8-6-4-5-7-9(8)10(2)3;/h11-13H,1-10H3;2*4-7H,1H2,2-3H3;/q3*-1;+3. The zero-order chi connectivity index (χ0) is 33.6. The molecule has 0 spiro atoms. The van der Waals surface area contributed by atoms with Crippen molar-refractivity contribution in [1.82, 2.24) is 0 Å². The molecule has 0 aliphatic rings. The maximum atomic E-state index is 5.99. The topological polar surface area (TPSA) is 15.7 Å². The van der Waals surface area contributed by atoms with Crippen molar-refractivity contribution in [2.24, 2.45) is 0 Å². The molecule has 0 N–H and O–H groups in total. The van der Waals surface area contributed by atoms with Gasteiger partial charge in [0.2, 0.25) is 0 Å². The van der Waals surface area contributed by atoms with Crippen molar-refractivity contribution >= 4 is 29.8 Å². The zero-order valence-electron chi connectivity index (χ0n) is 30.3. The molecule has 4 aromatic carbocycles. The number of nitrogens with zero attached hydrogens (tertiary/aromatic N) is 2. The normalized spacial score (nSPS) is 10.9. The van der Waals surface area contributed by atoms with Crippen LogP contribution in [0.4, 0.5) is 11.4 Å². The second-order valence-electron chi connectivity index (χ2n) is 13.8. The van der Waals surface area contributed by atoms with E-state index >= 15 is 0 Å². The Morgan fingerprint density at radius 1 is 0.733 bits per heavy atom. The van der Waals surface area contributed by atoms with Crippen LogP contribution in [0.15, 0.2) is 66.7 Å². The van der Waals surface area contributed by atoms with E-state index < -0.39 is 8.07 Å². The van der Waals surface area contributed by atoms with Crippen molar-refractivity contribution in [1.29, 1.82) is 0 Å². The summed E-state index contributed by atoms with van der Waals surface area (Å²) in [5.74, 6) is 1.10. The zero-order valence-corrected chi connectivity index (χ0v) is 33.0. The van der Waals surface area contributed by atoms with Crippen LogP contribution in [0.2, 0.25) is 13.1 Å². The molecule has 0 aliphatic carbocycles. The average molecular weight is 785 g/mol. The Kier molecular flexibility index (Phi) is 15.3. The summed E-state index contributed by atoms with van der Waals surface area (Å²) in [7, 11) is 8.04. The summed E-state index contributed by atoms with van der Waals surface area (Å²) in [4.78, 5) is 4.12. The Morgan fingerprint density at radius 2 is 1.18 bits per heavy atom. The summed E-state index contributed by atoms with van der Waals surface area (Å²) >= 11 is 0. The maximum Gasteiger partial charge on any atom is 3.00 e. The van der Waals surface area contributed by atoms with E-state index in [0.29, 0.717) is 0 Å². The largest absolute Gasteiger partial charge is 3.00 e. The summed E-state index contributed by atoms with van der Waals surface area (Å²) in [5, 5.41) is 3.00. The number of hydrogen-bond acceptors (Lipinski definition) is 3. The number of aryl methyl sites for hydroxylation is 3. The van der Waals surface area contributed by atoms with E-state index in [1.165, 1.54) is 44.4 Å². The minimum Gasteiger partial charge on any atom is -0.497 e. The van der Waals surface area contributed by atoms with Gasteiger partial charge in [-0.2, -0.15) is 59.0 Å². The quantitative estimate of drug-likeness (QED) is 0.149. The third kappa shape index (κ3) is 10.3. The molecule has 0 bridgehead atoms. The summed E-state index contributed by atoms with van der Waals surface area (Å²) in [5.41, 5.74) is 11.5. The van der Waals surface area contributed by atoms with Crippen LogP contribution in [0.3, 0.4) is 0 Å². The molecule has 4 aromatic rings. The van der Waals surface area contributed by atoms with E-state index in [1.54, 1.807) is 5.19 Å². The van der Waals surface area contributed by atoms with Crippen LogP contribution in [-0.4, -0.2) is 43.4 Å². The third-order valence-electron chi connectivity index (χ3n) is 8.28. The predicted molar refractivity (Wildman–Crippen MR) is 200 cm³/mol. The van der Waals surface area contributed by atoms with E-state index in [-0.39, 0.29) is 42.3 Å². The van der Waals surface area contributed by atoms with Crippen molar-refractivity contribution in [3.05, 3.63) is 120 Å². The van der Waals surface area contributed by atoms with Crippen LogP contribution in [0.25, 0.3) is 0 Å². The molecular weight excluding hydrogens is 728 g/mol. The van der Waals surface area contributed by atoms with Gasteiger partial charge in [0.05, 0.1) is 15.2 Å². The molecule has 0 heterocycles. The van der Waals surface area contributed by atoms with Crippen LogP contribution < -0.4 is 24.9 Å². The van der Waals surface area contributed by atoms with Gasteiger partial charge >= 0.3 is 36.9 Å². The number of ether oxygens (including phenoxy) is 1. The van der Waals surface area contributed by atoms with Crippen molar-refractivity contribution in [2.75, 3.05) is 45.1 Å². The molecule has 0 radical (unpaired) electrons. The van der Waals surface area contributed by atoms with Gasteiger partial charge in [0, 0.05) is 0 Å². The van der Waals surface area contributed by atoms with Gasteiger partial charge in [-0.25, -0.2) is 6.07 Å². The molecule has 252 valence electrons. The summed E-state index contributed by atoms with van der Waals surface area (Å²) < 4.78 is 5.99. The number of hydrogen-bond donors (Lipinski definition) is 0.